The molecule has 0 bridgehead atoms. The Morgan fingerprint density at radius 1 is 1.60 bits per heavy atom. The molecule has 0 aliphatic carbocycles. The molecule has 0 atom stereocenters. The first-order valence-electron chi connectivity index (χ1n) is 3.06. The van der Waals surface area contributed by atoms with Crippen LogP contribution in [0.4, 0.5) is 0 Å². The second kappa shape index (κ2) is 4.50. The lowest BCUT2D eigenvalue weighted by molar-refractivity contribution is -0.142. The summed E-state index contributed by atoms with van der Waals surface area (Å²) in [6, 6.07) is 0. The molecule has 0 aromatic heterocycles. The zero-order chi connectivity index (χ0) is 8.15. The summed E-state index contributed by atoms with van der Waals surface area (Å²) >= 11 is 3.04. The fraction of sp³-hybridized carbons (Fsp3) is 0.571. The van der Waals surface area contributed by atoms with E-state index in [2.05, 4.69) is 15.9 Å². The molecule has 0 amide bonds. The lowest BCUT2D eigenvalue weighted by Gasteiger charge is -2.06. The summed E-state index contributed by atoms with van der Waals surface area (Å²) in [6.07, 6.45) is -0.0464. The molecule has 0 spiro atoms. The van der Waals surface area contributed by atoms with Crippen LogP contribution in [0.5, 0.6) is 0 Å². The number of carbonyl (C=O) groups excluding carboxylic acids is 1. The van der Waals surface area contributed by atoms with Gasteiger partial charge >= 0.3 is 5.97 Å². The zero-order valence-corrected chi connectivity index (χ0v) is 7.94. The fourth-order valence-corrected chi connectivity index (χ4v) is 0.538. The second-order valence-electron chi connectivity index (χ2n) is 2.25. The van der Waals surface area contributed by atoms with Gasteiger partial charge in [-0.15, -0.1) is 0 Å². The van der Waals surface area contributed by atoms with E-state index in [0.29, 0.717) is 5.57 Å². The monoisotopic (exact) mass is 206 g/mol. The maximum Gasteiger partial charge on any atom is 0.334 e. The highest BCUT2D eigenvalue weighted by Crippen LogP contribution is 2.02. The van der Waals surface area contributed by atoms with E-state index in [9.17, 15) is 4.79 Å². The summed E-state index contributed by atoms with van der Waals surface area (Å²) in [5.74, 6) is -0.271. The molecule has 0 radical (unpaired) electrons. The molecule has 10 heavy (non-hydrogen) atoms. The van der Waals surface area contributed by atoms with Gasteiger partial charge in [-0.2, -0.15) is 0 Å². The number of halogens is 1. The van der Waals surface area contributed by atoms with Crippen molar-refractivity contribution in [2.75, 3.05) is 0 Å². The molecule has 3 heteroatoms. The number of hydrogen-bond acceptors (Lipinski definition) is 2. The number of esters is 1. The standard InChI is InChI=1S/C7H11BrO2/c1-5(2)10-7(9)6(3)4-8/h4-5H,1-3H3/b6-4+. The van der Waals surface area contributed by atoms with E-state index in [1.807, 2.05) is 13.8 Å². The van der Waals surface area contributed by atoms with Crippen molar-refractivity contribution in [3.8, 4) is 0 Å². The zero-order valence-electron chi connectivity index (χ0n) is 6.35. The highest BCUT2D eigenvalue weighted by atomic mass is 79.9. The third kappa shape index (κ3) is 3.67. The minimum Gasteiger partial charge on any atom is -0.460 e. The van der Waals surface area contributed by atoms with Crippen molar-refractivity contribution in [3.05, 3.63) is 10.6 Å². The molecule has 0 rings (SSSR count). The predicted octanol–water partition coefficient (Wildman–Crippen LogP) is 2.24. The average Bonchev–Trinajstić information content (AvgIpc) is 1.85. The second-order valence-corrected chi connectivity index (χ2v) is 2.70. The van der Waals surface area contributed by atoms with Crippen molar-refractivity contribution in [3.63, 3.8) is 0 Å². The van der Waals surface area contributed by atoms with Gasteiger partial charge in [0.05, 0.1) is 6.10 Å². The maximum absolute atomic E-state index is 10.9. The molecule has 0 heterocycles. The molecular weight excluding hydrogens is 196 g/mol. The molecule has 0 N–H and O–H groups in total. The van der Waals surface area contributed by atoms with Crippen LogP contribution in [0, 0.1) is 0 Å². The van der Waals surface area contributed by atoms with Crippen LogP contribution in [-0.2, 0) is 9.53 Å². The Morgan fingerprint density at radius 2 is 2.10 bits per heavy atom. The number of ether oxygens (including phenoxy) is 1. The largest absolute Gasteiger partial charge is 0.460 e. The van der Waals surface area contributed by atoms with Crippen molar-refractivity contribution >= 4 is 21.9 Å². The highest BCUT2D eigenvalue weighted by Gasteiger charge is 2.05. The van der Waals surface area contributed by atoms with Crippen LogP contribution in [0.1, 0.15) is 20.8 Å². The summed E-state index contributed by atoms with van der Waals surface area (Å²) in [5.41, 5.74) is 0.577. The average molecular weight is 207 g/mol. The molecule has 0 saturated heterocycles. The third-order valence-corrected chi connectivity index (χ3v) is 1.52. The Morgan fingerprint density at radius 3 is 2.40 bits per heavy atom. The summed E-state index contributed by atoms with van der Waals surface area (Å²) in [7, 11) is 0. The van der Waals surface area contributed by atoms with Crippen LogP contribution in [0.2, 0.25) is 0 Å². The summed E-state index contributed by atoms with van der Waals surface area (Å²) < 4.78 is 4.87. The Hall–Kier alpha value is -0.310. The minimum atomic E-state index is -0.271. The topological polar surface area (TPSA) is 26.3 Å². The van der Waals surface area contributed by atoms with Crippen molar-refractivity contribution in [2.24, 2.45) is 0 Å². The molecule has 0 aliphatic rings. The van der Waals surface area contributed by atoms with Crippen molar-refractivity contribution in [1.82, 2.24) is 0 Å². The molecule has 0 saturated carbocycles. The predicted molar refractivity (Wildman–Crippen MR) is 43.9 cm³/mol. The van der Waals surface area contributed by atoms with E-state index in [4.69, 9.17) is 4.74 Å². The normalized spacial score (nSPS) is 11.9. The van der Waals surface area contributed by atoms with Crippen molar-refractivity contribution in [2.45, 2.75) is 26.9 Å². The summed E-state index contributed by atoms with van der Waals surface area (Å²) in [4.78, 5) is 12.4. The lowest BCUT2D eigenvalue weighted by Crippen LogP contribution is -2.11. The van der Waals surface area contributed by atoms with Gasteiger partial charge in [-0.1, -0.05) is 15.9 Å². The molecule has 0 aliphatic heterocycles. The number of carbonyl (C=O) groups is 1. The first-order chi connectivity index (χ1) is 4.57. The van der Waals surface area contributed by atoms with Crippen LogP contribution in [0.25, 0.3) is 0 Å². The van der Waals surface area contributed by atoms with Gasteiger partial charge in [-0.25, -0.2) is 4.79 Å². The van der Waals surface area contributed by atoms with Crippen molar-refractivity contribution in [1.29, 1.82) is 0 Å². The molecular formula is C7H11BrO2. The van der Waals surface area contributed by atoms with E-state index < -0.39 is 0 Å². The van der Waals surface area contributed by atoms with E-state index in [0.717, 1.165) is 0 Å². The highest BCUT2D eigenvalue weighted by molar-refractivity contribution is 9.11. The van der Waals surface area contributed by atoms with Crippen LogP contribution >= 0.6 is 15.9 Å². The Kier molecular flexibility index (Phi) is 4.36. The smallest absolute Gasteiger partial charge is 0.334 e. The van der Waals surface area contributed by atoms with Crippen LogP contribution in [0.15, 0.2) is 10.6 Å². The molecule has 0 aromatic carbocycles. The molecule has 2 nitrogen and oxygen atoms in total. The van der Waals surface area contributed by atoms with E-state index in [1.165, 1.54) is 0 Å². The molecule has 0 aromatic rings. The van der Waals surface area contributed by atoms with Crippen LogP contribution in [0.3, 0.4) is 0 Å². The minimum absolute atomic E-state index is 0.0464. The Bertz CT molecular complexity index is 150. The van der Waals surface area contributed by atoms with Crippen LogP contribution in [-0.4, -0.2) is 12.1 Å². The lowest BCUT2D eigenvalue weighted by atomic mass is 10.3. The summed E-state index contributed by atoms with van der Waals surface area (Å²) in [5, 5.41) is 0. The first kappa shape index (κ1) is 9.69. The SMILES string of the molecule is C/C(=C\Br)C(=O)OC(C)C. The van der Waals surface area contributed by atoms with Gasteiger partial charge in [-0.3, -0.25) is 0 Å². The van der Waals surface area contributed by atoms with Gasteiger partial charge in [-0.05, 0) is 25.8 Å². The fourth-order valence-electron chi connectivity index (χ4n) is 0.352. The van der Waals surface area contributed by atoms with Gasteiger partial charge in [0.15, 0.2) is 0 Å². The van der Waals surface area contributed by atoms with Crippen molar-refractivity contribution < 1.29 is 9.53 Å². The van der Waals surface area contributed by atoms with E-state index in [-0.39, 0.29) is 12.1 Å². The van der Waals surface area contributed by atoms with Gasteiger partial charge in [0.2, 0.25) is 0 Å². The quantitative estimate of drug-likeness (QED) is 0.512. The molecule has 58 valence electrons. The third-order valence-electron chi connectivity index (χ3n) is 0.828. The van der Waals surface area contributed by atoms with E-state index in [1.54, 1.807) is 11.9 Å². The Balaban J connectivity index is 3.86. The van der Waals surface area contributed by atoms with Gasteiger partial charge in [0, 0.05) is 5.57 Å². The Labute approximate surface area is 69.4 Å². The summed E-state index contributed by atoms with van der Waals surface area (Å²) in [6.45, 7) is 5.33. The van der Waals surface area contributed by atoms with Gasteiger partial charge in [0.1, 0.15) is 0 Å². The van der Waals surface area contributed by atoms with Gasteiger partial charge < -0.3 is 4.74 Å². The number of hydrogen-bond donors (Lipinski definition) is 0. The maximum atomic E-state index is 10.9. The molecule has 0 unspecified atom stereocenters. The first-order valence-corrected chi connectivity index (χ1v) is 3.97. The van der Waals surface area contributed by atoms with Crippen LogP contribution < -0.4 is 0 Å². The number of rotatable bonds is 2. The molecule has 0 fully saturated rings. The van der Waals surface area contributed by atoms with E-state index >= 15 is 0 Å². The van der Waals surface area contributed by atoms with Gasteiger partial charge in [0.25, 0.3) is 0 Å².